The highest BCUT2D eigenvalue weighted by Gasteiger charge is 2.10. The lowest BCUT2D eigenvalue weighted by molar-refractivity contribution is 0.0701. The second kappa shape index (κ2) is 3.27. The number of hydrogen-bond acceptors (Lipinski definition) is 2. The van der Waals surface area contributed by atoms with Gasteiger partial charge in [0.1, 0.15) is 11.6 Å². The van der Waals surface area contributed by atoms with Gasteiger partial charge in [0.2, 0.25) is 0 Å². The second-order valence-corrected chi connectivity index (χ2v) is 2.07. The summed E-state index contributed by atoms with van der Waals surface area (Å²) in [5.74, 6) is -2.70. The summed E-state index contributed by atoms with van der Waals surface area (Å²) in [6.45, 7) is 0. The third-order valence-corrected chi connectivity index (χ3v) is 1.27. The molecule has 12 heavy (non-hydrogen) atoms. The largest absolute Gasteiger partial charge is 0.288 e. The molecule has 1 aromatic carbocycles. The molecule has 0 radical (unpaired) electrons. The zero-order valence-electron chi connectivity index (χ0n) is 5.84. The van der Waals surface area contributed by atoms with Gasteiger partial charge in [-0.05, 0) is 18.2 Å². The number of rotatable bonds is 1. The van der Waals surface area contributed by atoms with Crippen LogP contribution in [0.2, 0.25) is 0 Å². The van der Waals surface area contributed by atoms with Crippen molar-refractivity contribution in [1.82, 2.24) is 5.48 Å². The molecule has 5 heteroatoms. The van der Waals surface area contributed by atoms with Crippen molar-refractivity contribution in [2.24, 2.45) is 0 Å². The molecular formula is C7H5F2NO2. The van der Waals surface area contributed by atoms with Crippen molar-refractivity contribution in [2.75, 3.05) is 0 Å². The number of hydroxylamine groups is 1. The molecule has 0 aliphatic heterocycles. The molecule has 1 amide bonds. The fourth-order valence-corrected chi connectivity index (χ4v) is 0.732. The van der Waals surface area contributed by atoms with Gasteiger partial charge in [-0.3, -0.25) is 10.0 Å². The first-order valence-corrected chi connectivity index (χ1v) is 3.04. The van der Waals surface area contributed by atoms with Crippen LogP contribution >= 0.6 is 0 Å². The summed E-state index contributed by atoms with van der Waals surface area (Å²) in [4.78, 5) is 10.6. The summed E-state index contributed by atoms with van der Waals surface area (Å²) < 4.78 is 25.1. The van der Waals surface area contributed by atoms with E-state index in [1.165, 1.54) is 5.48 Å². The lowest BCUT2D eigenvalue weighted by atomic mass is 10.2. The molecule has 0 spiro atoms. The van der Waals surface area contributed by atoms with E-state index in [0.717, 1.165) is 12.1 Å². The predicted octanol–water partition coefficient (Wildman–Crippen LogP) is 1.08. The summed E-state index contributed by atoms with van der Waals surface area (Å²) in [6, 6.07) is 2.38. The maximum absolute atomic E-state index is 12.7. The van der Waals surface area contributed by atoms with E-state index in [2.05, 4.69) is 0 Å². The average molecular weight is 173 g/mol. The van der Waals surface area contributed by atoms with E-state index in [1.54, 1.807) is 0 Å². The Hall–Kier alpha value is -1.49. The highest BCUT2D eigenvalue weighted by atomic mass is 19.1. The van der Waals surface area contributed by atoms with Crippen molar-refractivity contribution in [1.29, 1.82) is 0 Å². The van der Waals surface area contributed by atoms with E-state index >= 15 is 0 Å². The molecule has 64 valence electrons. The van der Waals surface area contributed by atoms with Crippen molar-refractivity contribution in [2.45, 2.75) is 0 Å². The molecule has 0 bridgehead atoms. The smallest absolute Gasteiger partial charge is 0.277 e. The third-order valence-electron chi connectivity index (χ3n) is 1.27. The Balaban J connectivity index is 3.13. The zero-order chi connectivity index (χ0) is 9.14. The highest BCUT2D eigenvalue weighted by molar-refractivity contribution is 5.93. The zero-order valence-corrected chi connectivity index (χ0v) is 5.84. The standard InChI is InChI=1S/C7H5F2NO2/c8-4-1-2-6(9)5(3-4)7(11)10-12/h1-3,12H,(H,10,11). The van der Waals surface area contributed by atoms with Crippen molar-refractivity contribution in [3.63, 3.8) is 0 Å². The Labute approximate surface area is 66.6 Å². The van der Waals surface area contributed by atoms with Crippen LogP contribution in [-0.4, -0.2) is 11.1 Å². The maximum Gasteiger partial charge on any atom is 0.277 e. The Morgan fingerprint density at radius 3 is 2.67 bits per heavy atom. The summed E-state index contributed by atoms with van der Waals surface area (Å²) in [6.07, 6.45) is 0. The number of carbonyl (C=O) groups excluding carboxylic acids is 1. The van der Waals surface area contributed by atoms with E-state index in [0.29, 0.717) is 6.07 Å². The van der Waals surface area contributed by atoms with Gasteiger partial charge in [-0.25, -0.2) is 14.3 Å². The Morgan fingerprint density at radius 2 is 2.08 bits per heavy atom. The number of hydrogen-bond donors (Lipinski definition) is 2. The van der Waals surface area contributed by atoms with E-state index in [-0.39, 0.29) is 0 Å². The summed E-state index contributed by atoms with van der Waals surface area (Å²) in [5.41, 5.74) is 0.674. The molecule has 0 aromatic heterocycles. The topological polar surface area (TPSA) is 49.3 Å². The monoisotopic (exact) mass is 173 g/mol. The molecular weight excluding hydrogens is 168 g/mol. The van der Waals surface area contributed by atoms with Crippen LogP contribution in [0.1, 0.15) is 10.4 Å². The molecule has 1 rings (SSSR count). The third kappa shape index (κ3) is 1.57. The molecule has 0 unspecified atom stereocenters. The molecule has 1 aromatic rings. The minimum Gasteiger partial charge on any atom is -0.288 e. The van der Waals surface area contributed by atoms with Crippen LogP contribution in [0.5, 0.6) is 0 Å². The molecule has 2 N–H and O–H groups in total. The molecule has 0 atom stereocenters. The average Bonchev–Trinajstić information content (AvgIpc) is 2.08. The SMILES string of the molecule is O=C(NO)c1cc(F)ccc1F. The number of halogens is 2. The normalized spacial score (nSPS) is 9.58. The van der Waals surface area contributed by atoms with Crippen LogP contribution in [0, 0.1) is 11.6 Å². The van der Waals surface area contributed by atoms with Crippen molar-refractivity contribution >= 4 is 5.91 Å². The molecule has 0 fully saturated rings. The van der Waals surface area contributed by atoms with E-state index < -0.39 is 23.1 Å². The lowest BCUT2D eigenvalue weighted by Crippen LogP contribution is -2.20. The van der Waals surface area contributed by atoms with Crippen molar-refractivity contribution in [3.05, 3.63) is 35.4 Å². The fraction of sp³-hybridized carbons (Fsp3) is 0. The number of carbonyl (C=O) groups is 1. The lowest BCUT2D eigenvalue weighted by Gasteiger charge is -1.99. The van der Waals surface area contributed by atoms with Gasteiger partial charge < -0.3 is 0 Å². The molecule has 0 saturated carbocycles. The Kier molecular flexibility index (Phi) is 2.35. The molecule has 0 saturated heterocycles. The predicted molar refractivity (Wildman–Crippen MR) is 35.6 cm³/mol. The van der Waals surface area contributed by atoms with Crippen LogP contribution in [-0.2, 0) is 0 Å². The van der Waals surface area contributed by atoms with E-state index in [9.17, 15) is 13.6 Å². The summed E-state index contributed by atoms with van der Waals surface area (Å²) in [7, 11) is 0. The van der Waals surface area contributed by atoms with Gasteiger partial charge >= 0.3 is 0 Å². The maximum atomic E-state index is 12.7. The summed E-state index contributed by atoms with van der Waals surface area (Å²) >= 11 is 0. The first-order valence-electron chi connectivity index (χ1n) is 3.04. The van der Waals surface area contributed by atoms with Gasteiger partial charge in [-0.15, -0.1) is 0 Å². The fourth-order valence-electron chi connectivity index (χ4n) is 0.732. The van der Waals surface area contributed by atoms with Gasteiger partial charge in [0, 0.05) is 0 Å². The quantitative estimate of drug-likeness (QED) is 0.493. The minimum absolute atomic E-state index is 0.530. The second-order valence-electron chi connectivity index (χ2n) is 2.07. The number of benzene rings is 1. The highest BCUT2D eigenvalue weighted by Crippen LogP contribution is 2.08. The minimum atomic E-state index is -1.08. The Morgan fingerprint density at radius 1 is 1.42 bits per heavy atom. The van der Waals surface area contributed by atoms with Crippen LogP contribution in [0.4, 0.5) is 8.78 Å². The van der Waals surface area contributed by atoms with Gasteiger partial charge in [0.05, 0.1) is 5.56 Å². The van der Waals surface area contributed by atoms with Crippen LogP contribution < -0.4 is 5.48 Å². The van der Waals surface area contributed by atoms with Gasteiger partial charge in [0.25, 0.3) is 5.91 Å². The van der Waals surface area contributed by atoms with E-state index in [4.69, 9.17) is 5.21 Å². The number of nitrogens with one attached hydrogen (secondary N) is 1. The van der Waals surface area contributed by atoms with Gasteiger partial charge in [-0.1, -0.05) is 0 Å². The first-order chi connectivity index (χ1) is 5.65. The molecule has 3 nitrogen and oxygen atoms in total. The number of amides is 1. The van der Waals surface area contributed by atoms with Crippen molar-refractivity contribution in [3.8, 4) is 0 Å². The van der Waals surface area contributed by atoms with Crippen LogP contribution in [0.25, 0.3) is 0 Å². The molecule has 0 heterocycles. The molecule has 0 aliphatic carbocycles. The first kappa shape index (κ1) is 8.61. The van der Waals surface area contributed by atoms with Crippen LogP contribution in [0.3, 0.4) is 0 Å². The summed E-state index contributed by atoms with van der Waals surface area (Å²) in [5, 5.41) is 8.11. The van der Waals surface area contributed by atoms with Gasteiger partial charge in [-0.2, -0.15) is 0 Å². The van der Waals surface area contributed by atoms with Crippen LogP contribution in [0.15, 0.2) is 18.2 Å². The van der Waals surface area contributed by atoms with Gasteiger partial charge in [0.15, 0.2) is 0 Å². The van der Waals surface area contributed by atoms with Crippen molar-refractivity contribution < 1.29 is 18.8 Å². The van der Waals surface area contributed by atoms with E-state index in [1.807, 2.05) is 0 Å². The molecule has 0 aliphatic rings. The Bertz CT molecular complexity index is 314.